The number of fused-ring (bicyclic) bond motifs is 1. The molecule has 0 aromatic heterocycles. The maximum absolute atomic E-state index is 5.29. The molecule has 0 saturated carbocycles. The average molecular weight is 232 g/mol. The number of methoxy groups -OCH3 is 2. The zero-order valence-electron chi connectivity index (χ0n) is 9.64. The Morgan fingerprint density at radius 2 is 1.62 bits per heavy atom. The number of benzene rings is 2. The smallest absolute Gasteiger partial charge is 0.139 e. The minimum absolute atomic E-state index is 0.0363. The van der Waals surface area contributed by atoms with Crippen molar-refractivity contribution >= 4 is 25.5 Å². The summed E-state index contributed by atoms with van der Waals surface area (Å²) in [6.45, 7) is 0. The quantitative estimate of drug-likeness (QED) is 0.583. The SMILES string of the molecule is COC(OC)[SiH2]c1cccc2ccccc12. The molecule has 0 spiro atoms. The molecule has 0 atom stereocenters. The Kier molecular flexibility index (Phi) is 3.72. The second-order valence-electron chi connectivity index (χ2n) is 3.74. The minimum Gasteiger partial charge on any atom is -0.360 e. The third-order valence-electron chi connectivity index (χ3n) is 2.79. The molecule has 0 bridgehead atoms. The molecule has 16 heavy (non-hydrogen) atoms. The lowest BCUT2D eigenvalue weighted by molar-refractivity contribution is -0.0429. The van der Waals surface area contributed by atoms with Gasteiger partial charge in [0.2, 0.25) is 0 Å². The summed E-state index contributed by atoms with van der Waals surface area (Å²) in [4.78, 5) is 0. The summed E-state index contributed by atoms with van der Waals surface area (Å²) < 4.78 is 10.6. The van der Waals surface area contributed by atoms with E-state index in [1.165, 1.54) is 16.0 Å². The molecule has 0 radical (unpaired) electrons. The van der Waals surface area contributed by atoms with Gasteiger partial charge in [-0.05, 0) is 10.8 Å². The largest absolute Gasteiger partial charge is 0.360 e. The fourth-order valence-corrected chi connectivity index (χ4v) is 3.42. The van der Waals surface area contributed by atoms with Crippen molar-refractivity contribution < 1.29 is 9.47 Å². The van der Waals surface area contributed by atoms with Gasteiger partial charge in [-0.1, -0.05) is 47.7 Å². The molecule has 0 aliphatic carbocycles. The highest BCUT2D eigenvalue weighted by atomic mass is 28.2. The standard InChI is InChI=1S/C13H16O2Si/c1-14-13(15-2)16-12-9-5-7-10-6-3-4-8-11(10)12/h3-9,13H,16H2,1-2H3. The van der Waals surface area contributed by atoms with Crippen molar-refractivity contribution in [3.05, 3.63) is 42.5 Å². The van der Waals surface area contributed by atoms with E-state index in [9.17, 15) is 0 Å². The Bertz CT molecular complexity index is 461. The highest BCUT2D eigenvalue weighted by Crippen LogP contribution is 2.10. The topological polar surface area (TPSA) is 18.5 Å². The van der Waals surface area contributed by atoms with E-state index < -0.39 is 9.52 Å². The van der Waals surface area contributed by atoms with Crippen molar-refractivity contribution in [2.75, 3.05) is 14.2 Å². The second kappa shape index (κ2) is 5.25. The molecule has 2 nitrogen and oxygen atoms in total. The van der Waals surface area contributed by atoms with Crippen LogP contribution in [0.2, 0.25) is 0 Å². The highest BCUT2D eigenvalue weighted by molar-refractivity contribution is 6.57. The van der Waals surface area contributed by atoms with Gasteiger partial charge in [0, 0.05) is 14.2 Å². The summed E-state index contributed by atoms with van der Waals surface area (Å²) >= 11 is 0. The first-order valence-electron chi connectivity index (χ1n) is 5.37. The third kappa shape index (κ3) is 2.32. The van der Waals surface area contributed by atoms with E-state index in [-0.39, 0.29) is 5.91 Å². The molecular weight excluding hydrogens is 216 g/mol. The van der Waals surface area contributed by atoms with Crippen LogP contribution in [0.15, 0.2) is 42.5 Å². The molecule has 2 aromatic rings. The predicted molar refractivity (Wildman–Crippen MR) is 69.9 cm³/mol. The lowest BCUT2D eigenvalue weighted by Gasteiger charge is -2.14. The Balaban J connectivity index is 2.36. The van der Waals surface area contributed by atoms with Gasteiger partial charge in [0.1, 0.15) is 15.4 Å². The van der Waals surface area contributed by atoms with Crippen LogP contribution in [-0.4, -0.2) is 29.7 Å². The van der Waals surface area contributed by atoms with Gasteiger partial charge >= 0.3 is 0 Å². The molecule has 0 aliphatic heterocycles. The van der Waals surface area contributed by atoms with Crippen LogP contribution in [0, 0.1) is 0 Å². The third-order valence-corrected chi connectivity index (χ3v) is 4.85. The van der Waals surface area contributed by atoms with Gasteiger partial charge in [-0.25, -0.2) is 0 Å². The van der Waals surface area contributed by atoms with Gasteiger partial charge in [0.25, 0.3) is 0 Å². The first-order chi connectivity index (χ1) is 7.85. The van der Waals surface area contributed by atoms with Crippen LogP contribution >= 0.6 is 0 Å². The maximum atomic E-state index is 5.29. The Morgan fingerprint density at radius 3 is 2.38 bits per heavy atom. The van der Waals surface area contributed by atoms with Crippen LogP contribution in [0.3, 0.4) is 0 Å². The van der Waals surface area contributed by atoms with Crippen LogP contribution < -0.4 is 5.19 Å². The summed E-state index contributed by atoms with van der Waals surface area (Å²) in [5.74, 6) is -0.0363. The van der Waals surface area contributed by atoms with Crippen molar-refractivity contribution in [2.45, 2.75) is 5.91 Å². The zero-order chi connectivity index (χ0) is 11.4. The summed E-state index contributed by atoms with van der Waals surface area (Å²) in [6, 6.07) is 14.9. The van der Waals surface area contributed by atoms with E-state index in [2.05, 4.69) is 42.5 Å². The van der Waals surface area contributed by atoms with Crippen molar-refractivity contribution in [2.24, 2.45) is 0 Å². The molecule has 2 aromatic carbocycles. The second-order valence-corrected chi connectivity index (χ2v) is 5.58. The fourth-order valence-electron chi connectivity index (χ4n) is 1.91. The van der Waals surface area contributed by atoms with E-state index in [4.69, 9.17) is 9.47 Å². The van der Waals surface area contributed by atoms with Gasteiger partial charge in [0.15, 0.2) is 0 Å². The lowest BCUT2D eigenvalue weighted by atomic mass is 10.1. The molecule has 2 rings (SSSR count). The molecule has 0 unspecified atom stereocenters. The van der Waals surface area contributed by atoms with Crippen LogP contribution in [0.25, 0.3) is 10.8 Å². The fraction of sp³-hybridized carbons (Fsp3) is 0.231. The molecule has 0 saturated heterocycles. The minimum atomic E-state index is -0.564. The van der Waals surface area contributed by atoms with Crippen LogP contribution in [0.1, 0.15) is 0 Å². The molecule has 0 N–H and O–H groups in total. The number of hydrogen-bond donors (Lipinski definition) is 0. The van der Waals surface area contributed by atoms with Crippen molar-refractivity contribution in [1.82, 2.24) is 0 Å². The predicted octanol–water partition coefficient (Wildman–Crippen LogP) is 1.21. The van der Waals surface area contributed by atoms with Crippen molar-refractivity contribution in [1.29, 1.82) is 0 Å². The van der Waals surface area contributed by atoms with E-state index >= 15 is 0 Å². The van der Waals surface area contributed by atoms with Crippen LogP contribution in [0.4, 0.5) is 0 Å². The molecule has 84 valence electrons. The van der Waals surface area contributed by atoms with Gasteiger partial charge < -0.3 is 9.47 Å². The molecule has 0 aliphatic rings. The maximum Gasteiger partial charge on any atom is 0.139 e. The van der Waals surface area contributed by atoms with Gasteiger partial charge in [-0.2, -0.15) is 0 Å². The van der Waals surface area contributed by atoms with Crippen molar-refractivity contribution in [3.8, 4) is 0 Å². The van der Waals surface area contributed by atoms with E-state index in [0.29, 0.717) is 0 Å². The number of hydrogen-bond acceptors (Lipinski definition) is 2. The summed E-state index contributed by atoms with van der Waals surface area (Å²) in [6.07, 6.45) is 0. The highest BCUT2D eigenvalue weighted by Gasteiger charge is 2.09. The molecule has 0 heterocycles. The van der Waals surface area contributed by atoms with E-state index in [0.717, 1.165) is 0 Å². The monoisotopic (exact) mass is 232 g/mol. The van der Waals surface area contributed by atoms with E-state index in [1.54, 1.807) is 14.2 Å². The van der Waals surface area contributed by atoms with Gasteiger partial charge in [0.05, 0.1) is 0 Å². The summed E-state index contributed by atoms with van der Waals surface area (Å²) in [7, 11) is 2.84. The lowest BCUT2D eigenvalue weighted by Crippen LogP contribution is -2.31. The first kappa shape index (κ1) is 11.3. The number of rotatable bonds is 4. The van der Waals surface area contributed by atoms with Crippen LogP contribution in [-0.2, 0) is 9.47 Å². The van der Waals surface area contributed by atoms with E-state index in [1.807, 2.05) is 0 Å². The summed E-state index contributed by atoms with van der Waals surface area (Å²) in [5.41, 5.74) is 0. The molecule has 3 heteroatoms. The number of ether oxygens (including phenoxy) is 2. The van der Waals surface area contributed by atoms with Gasteiger partial charge in [-0.15, -0.1) is 0 Å². The Labute approximate surface area is 98.0 Å². The molecule has 0 amide bonds. The Hall–Kier alpha value is -1.16. The summed E-state index contributed by atoms with van der Waals surface area (Å²) in [5, 5.41) is 4.01. The zero-order valence-corrected chi connectivity index (χ0v) is 11.1. The van der Waals surface area contributed by atoms with Crippen molar-refractivity contribution in [3.63, 3.8) is 0 Å². The van der Waals surface area contributed by atoms with Gasteiger partial charge in [-0.3, -0.25) is 0 Å². The molecular formula is C13H16O2Si. The van der Waals surface area contributed by atoms with Crippen LogP contribution in [0.5, 0.6) is 0 Å². The average Bonchev–Trinajstić information content (AvgIpc) is 2.36. The normalized spacial score (nSPS) is 11.9. The Morgan fingerprint density at radius 1 is 0.938 bits per heavy atom. The first-order valence-corrected chi connectivity index (χ1v) is 6.89. The molecule has 0 fully saturated rings.